The highest BCUT2D eigenvalue weighted by atomic mass is 127. The molecule has 1 aliphatic rings. The van der Waals surface area contributed by atoms with Crippen molar-refractivity contribution in [1.82, 2.24) is 20.5 Å². The summed E-state index contributed by atoms with van der Waals surface area (Å²) in [5, 5.41) is 6.90. The van der Waals surface area contributed by atoms with Crippen LogP contribution in [0.3, 0.4) is 0 Å². The van der Waals surface area contributed by atoms with Crippen LogP contribution in [0.25, 0.3) is 0 Å². The number of aromatic nitrogens is 1. The molecule has 0 aliphatic carbocycles. The van der Waals surface area contributed by atoms with Gasteiger partial charge in [-0.25, -0.2) is 0 Å². The topological polar surface area (TPSA) is 52.5 Å². The summed E-state index contributed by atoms with van der Waals surface area (Å²) < 4.78 is 0. The lowest BCUT2D eigenvalue weighted by Gasteiger charge is -2.36. The van der Waals surface area contributed by atoms with Crippen LogP contribution in [0.15, 0.2) is 29.4 Å². The number of halogens is 1. The Labute approximate surface area is 170 Å². The summed E-state index contributed by atoms with van der Waals surface area (Å²) in [5.41, 5.74) is 1.11. The third kappa shape index (κ3) is 8.35. The summed E-state index contributed by atoms with van der Waals surface area (Å²) in [6.45, 7) is 6.57. The molecule has 1 aliphatic heterocycles. The van der Waals surface area contributed by atoms with E-state index in [0.29, 0.717) is 6.04 Å². The SMILES string of the molecule is CCCCN1CCCCC1CNC(=NC)NCCc1ccccn1.I. The lowest BCUT2D eigenvalue weighted by Crippen LogP contribution is -2.49. The number of hydrogen-bond acceptors (Lipinski definition) is 3. The van der Waals surface area contributed by atoms with Gasteiger partial charge in [0.2, 0.25) is 0 Å². The molecule has 0 aromatic carbocycles. The number of likely N-dealkylation sites (tertiary alicyclic amines) is 1. The molecule has 6 heteroatoms. The van der Waals surface area contributed by atoms with Crippen LogP contribution < -0.4 is 10.6 Å². The minimum atomic E-state index is 0. The maximum absolute atomic E-state index is 4.35. The zero-order valence-electron chi connectivity index (χ0n) is 15.7. The summed E-state index contributed by atoms with van der Waals surface area (Å²) in [6, 6.07) is 6.68. The number of rotatable bonds is 8. The quantitative estimate of drug-likeness (QED) is 0.357. The van der Waals surface area contributed by atoms with E-state index in [4.69, 9.17) is 0 Å². The summed E-state index contributed by atoms with van der Waals surface area (Å²) >= 11 is 0. The molecular weight excluding hydrogens is 425 g/mol. The molecule has 0 radical (unpaired) electrons. The molecule has 5 nitrogen and oxygen atoms in total. The molecule has 0 bridgehead atoms. The molecule has 25 heavy (non-hydrogen) atoms. The monoisotopic (exact) mass is 459 g/mol. The lowest BCUT2D eigenvalue weighted by atomic mass is 10.0. The van der Waals surface area contributed by atoms with Gasteiger partial charge in [-0.3, -0.25) is 14.9 Å². The highest BCUT2D eigenvalue weighted by Crippen LogP contribution is 2.16. The Balaban J connectivity index is 0.00000312. The minimum absolute atomic E-state index is 0. The maximum atomic E-state index is 4.35. The molecule has 2 N–H and O–H groups in total. The Hall–Kier alpha value is -0.890. The van der Waals surface area contributed by atoms with Gasteiger partial charge in [0.05, 0.1) is 0 Å². The fourth-order valence-electron chi connectivity index (χ4n) is 3.24. The molecule has 2 rings (SSSR count). The zero-order valence-corrected chi connectivity index (χ0v) is 18.0. The molecular formula is C19H34IN5. The Kier molecular flexibility index (Phi) is 11.8. The van der Waals surface area contributed by atoms with Crippen LogP contribution in [0, 0.1) is 0 Å². The third-order valence-electron chi connectivity index (χ3n) is 4.68. The maximum Gasteiger partial charge on any atom is 0.191 e. The van der Waals surface area contributed by atoms with Crippen molar-refractivity contribution >= 4 is 29.9 Å². The van der Waals surface area contributed by atoms with Crippen molar-refractivity contribution in [3.05, 3.63) is 30.1 Å². The average molecular weight is 459 g/mol. The number of piperidine rings is 1. The molecule has 1 unspecified atom stereocenters. The summed E-state index contributed by atoms with van der Waals surface area (Å²) in [7, 11) is 1.84. The van der Waals surface area contributed by atoms with Gasteiger partial charge in [-0.05, 0) is 44.5 Å². The van der Waals surface area contributed by atoms with E-state index in [1.54, 1.807) is 0 Å². The molecule has 1 fully saturated rings. The smallest absolute Gasteiger partial charge is 0.191 e. The highest BCUT2D eigenvalue weighted by Gasteiger charge is 2.21. The van der Waals surface area contributed by atoms with E-state index in [1.165, 1.54) is 45.2 Å². The van der Waals surface area contributed by atoms with Crippen molar-refractivity contribution in [2.24, 2.45) is 4.99 Å². The number of nitrogens with one attached hydrogen (secondary N) is 2. The zero-order chi connectivity index (χ0) is 17.0. The number of unbranched alkanes of at least 4 members (excludes halogenated alkanes) is 1. The summed E-state index contributed by atoms with van der Waals surface area (Å²) in [4.78, 5) is 11.4. The van der Waals surface area contributed by atoms with Gasteiger partial charge >= 0.3 is 0 Å². The molecule has 1 aromatic rings. The summed E-state index contributed by atoms with van der Waals surface area (Å²) in [6.07, 6.45) is 9.31. The number of pyridine rings is 1. The molecule has 0 amide bonds. The van der Waals surface area contributed by atoms with Crippen molar-refractivity contribution in [2.45, 2.75) is 51.5 Å². The van der Waals surface area contributed by atoms with E-state index in [0.717, 1.165) is 31.2 Å². The fraction of sp³-hybridized carbons (Fsp3) is 0.684. The van der Waals surface area contributed by atoms with Crippen molar-refractivity contribution in [3.8, 4) is 0 Å². The Morgan fingerprint density at radius 2 is 2.20 bits per heavy atom. The second-order valence-corrected chi connectivity index (χ2v) is 6.49. The van der Waals surface area contributed by atoms with Gasteiger partial charge in [-0.2, -0.15) is 0 Å². The largest absolute Gasteiger partial charge is 0.356 e. The molecule has 1 saturated heterocycles. The number of nitrogens with zero attached hydrogens (tertiary/aromatic N) is 3. The van der Waals surface area contributed by atoms with Gasteiger partial charge in [0.1, 0.15) is 0 Å². The Bertz CT molecular complexity index is 480. The van der Waals surface area contributed by atoms with Crippen LogP contribution in [0.1, 0.15) is 44.7 Å². The average Bonchev–Trinajstić information content (AvgIpc) is 2.64. The van der Waals surface area contributed by atoms with Crippen molar-refractivity contribution in [1.29, 1.82) is 0 Å². The first-order chi connectivity index (χ1) is 11.8. The molecule has 1 atom stereocenters. The predicted octanol–water partition coefficient (Wildman–Crippen LogP) is 3.06. The van der Waals surface area contributed by atoms with Gasteiger partial charge in [-0.15, -0.1) is 24.0 Å². The Morgan fingerprint density at radius 1 is 1.32 bits per heavy atom. The van der Waals surface area contributed by atoms with Gasteiger partial charge in [-0.1, -0.05) is 25.8 Å². The molecule has 2 heterocycles. The molecule has 0 spiro atoms. The van der Waals surface area contributed by atoms with Crippen molar-refractivity contribution in [3.63, 3.8) is 0 Å². The fourth-order valence-corrected chi connectivity index (χ4v) is 3.24. The van der Waals surface area contributed by atoms with Crippen LogP contribution in [-0.4, -0.2) is 55.1 Å². The van der Waals surface area contributed by atoms with Crippen molar-refractivity contribution in [2.75, 3.05) is 33.2 Å². The van der Waals surface area contributed by atoms with Crippen LogP contribution in [0.5, 0.6) is 0 Å². The summed E-state index contributed by atoms with van der Waals surface area (Å²) in [5.74, 6) is 0.895. The van der Waals surface area contributed by atoms with Crippen LogP contribution in [0.2, 0.25) is 0 Å². The van der Waals surface area contributed by atoms with E-state index in [-0.39, 0.29) is 24.0 Å². The van der Waals surface area contributed by atoms with E-state index in [2.05, 4.69) is 38.5 Å². The second kappa shape index (κ2) is 13.3. The number of guanidine groups is 1. The van der Waals surface area contributed by atoms with Gasteiger partial charge < -0.3 is 10.6 Å². The first kappa shape index (κ1) is 22.2. The van der Waals surface area contributed by atoms with Crippen molar-refractivity contribution < 1.29 is 0 Å². The molecule has 0 saturated carbocycles. The lowest BCUT2D eigenvalue weighted by molar-refractivity contribution is 0.147. The van der Waals surface area contributed by atoms with Gasteiger partial charge in [0.15, 0.2) is 5.96 Å². The normalized spacial score (nSPS) is 18.5. The minimum Gasteiger partial charge on any atom is -0.356 e. The van der Waals surface area contributed by atoms with Crippen LogP contribution in [-0.2, 0) is 6.42 Å². The third-order valence-corrected chi connectivity index (χ3v) is 4.68. The van der Waals surface area contributed by atoms with E-state index >= 15 is 0 Å². The highest BCUT2D eigenvalue weighted by molar-refractivity contribution is 14.0. The first-order valence-electron chi connectivity index (χ1n) is 9.42. The Morgan fingerprint density at radius 3 is 2.92 bits per heavy atom. The molecule has 1 aromatic heterocycles. The number of hydrogen-bond donors (Lipinski definition) is 2. The van der Waals surface area contributed by atoms with E-state index in [9.17, 15) is 0 Å². The standard InChI is InChI=1S/C19H33N5.HI/c1-3-4-14-24-15-8-6-10-18(24)16-23-19(20-2)22-13-11-17-9-5-7-12-21-17;/h5,7,9,12,18H,3-4,6,8,10-11,13-16H2,1-2H3,(H2,20,22,23);1H. The van der Waals surface area contributed by atoms with Crippen LogP contribution >= 0.6 is 24.0 Å². The number of aliphatic imine (C=N–C) groups is 1. The van der Waals surface area contributed by atoms with Crippen LogP contribution in [0.4, 0.5) is 0 Å². The van der Waals surface area contributed by atoms with E-state index in [1.807, 2.05) is 25.4 Å². The van der Waals surface area contributed by atoms with E-state index < -0.39 is 0 Å². The van der Waals surface area contributed by atoms with Gasteiger partial charge in [0, 0.05) is 44.5 Å². The second-order valence-electron chi connectivity index (χ2n) is 6.49. The van der Waals surface area contributed by atoms with Gasteiger partial charge in [0.25, 0.3) is 0 Å². The first-order valence-corrected chi connectivity index (χ1v) is 9.42. The molecule has 142 valence electrons. The predicted molar refractivity (Wildman–Crippen MR) is 117 cm³/mol.